The summed E-state index contributed by atoms with van der Waals surface area (Å²) in [5.41, 5.74) is 0. The molecule has 3 atom stereocenters. The van der Waals surface area contributed by atoms with Gasteiger partial charge in [-0.2, -0.15) is 0 Å². The van der Waals surface area contributed by atoms with E-state index >= 15 is 0 Å². The van der Waals surface area contributed by atoms with Gasteiger partial charge in [-0.15, -0.1) is 0 Å². The van der Waals surface area contributed by atoms with Crippen LogP contribution in [-0.4, -0.2) is 53.8 Å². The number of nitrogens with one attached hydrogen (secondary N) is 1. The summed E-state index contributed by atoms with van der Waals surface area (Å²) in [6.45, 7) is 7.10. The first kappa shape index (κ1) is 15.8. The number of rotatable bonds is 6. The van der Waals surface area contributed by atoms with Crippen molar-refractivity contribution in [3.05, 3.63) is 0 Å². The van der Waals surface area contributed by atoms with Gasteiger partial charge in [-0.25, -0.2) is 4.79 Å². The number of amides is 2. The van der Waals surface area contributed by atoms with Gasteiger partial charge < -0.3 is 20.1 Å². The van der Waals surface area contributed by atoms with E-state index in [1.165, 1.54) is 0 Å². The van der Waals surface area contributed by atoms with Crippen molar-refractivity contribution in [3.63, 3.8) is 0 Å². The molecule has 0 aliphatic carbocycles. The van der Waals surface area contributed by atoms with E-state index in [1.807, 2.05) is 6.92 Å². The molecule has 2 N–H and O–H groups in total. The quantitative estimate of drug-likeness (QED) is 0.764. The van der Waals surface area contributed by atoms with E-state index < -0.39 is 17.9 Å². The summed E-state index contributed by atoms with van der Waals surface area (Å²) in [5.74, 6) is -1.51. The zero-order chi connectivity index (χ0) is 14.4. The van der Waals surface area contributed by atoms with Crippen LogP contribution in [-0.2, 0) is 9.53 Å². The molecule has 1 heterocycles. The second-order valence-electron chi connectivity index (χ2n) is 5.04. The van der Waals surface area contributed by atoms with Gasteiger partial charge in [-0.3, -0.25) is 4.79 Å². The van der Waals surface area contributed by atoms with Crippen LogP contribution in [0.25, 0.3) is 0 Å². The summed E-state index contributed by atoms with van der Waals surface area (Å²) in [6.07, 6.45) is 2.12. The van der Waals surface area contributed by atoms with Crippen LogP contribution in [0.15, 0.2) is 0 Å². The molecule has 1 saturated heterocycles. The van der Waals surface area contributed by atoms with Crippen LogP contribution in [0.5, 0.6) is 0 Å². The lowest BCUT2D eigenvalue weighted by molar-refractivity contribution is -0.141. The normalized spacial score (nSPS) is 21.7. The average Bonchev–Trinajstić information content (AvgIpc) is 2.87. The van der Waals surface area contributed by atoms with Gasteiger partial charge in [0.05, 0.1) is 12.0 Å². The maximum Gasteiger partial charge on any atom is 0.317 e. The fourth-order valence-corrected chi connectivity index (χ4v) is 2.01. The highest BCUT2D eigenvalue weighted by atomic mass is 16.5. The van der Waals surface area contributed by atoms with E-state index in [4.69, 9.17) is 9.84 Å². The number of aliphatic carboxylic acids is 1. The number of carbonyl (C=O) groups excluding carboxylic acids is 1. The molecule has 110 valence electrons. The van der Waals surface area contributed by atoms with Crippen molar-refractivity contribution >= 4 is 12.0 Å². The molecule has 1 fully saturated rings. The molecule has 1 aliphatic rings. The fraction of sp³-hybridized carbons (Fsp3) is 0.846. The number of hydrogen-bond acceptors (Lipinski definition) is 3. The SMILES string of the molecule is CCN(CC1CCCO1)C(=O)NC(C)C(C)C(=O)O. The summed E-state index contributed by atoms with van der Waals surface area (Å²) in [5, 5.41) is 11.6. The van der Waals surface area contributed by atoms with E-state index in [0.717, 1.165) is 19.4 Å². The molecule has 2 amide bonds. The van der Waals surface area contributed by atoms with Gasteiger partial charge in [0.15, 0.2) is 0 Å². The largest absolute Gasteiger partial charge is 0.481 e. The number of likely N-dealkylation sites (N-methyl/N-ethyl adjacent to an activating group) is 1. The van der Waals surface area contributed by atoms with Gasteiger partial charge in [0.1, 0.15) is 0 Å². The molecule has 6 nitrogen and oxygen atoms in total. The van der Waals surface area contributed by atoms with Crippen molar-refractivity contribution in [2.45, 2.75) is 45.8 Å². The number of carboxylic acid groups (broad SMARTS) is 1. The summed E-state index contributed by atoms with van der Waals surface area (Å²) in [6, 6.07) is -0.623. The number of urea groups is 1. The predicted molar refractivity (Wildman–Crippen MR) is 71.0 cm³/mol. The van der Waals surface area contributed by atoms with Gasteiger partial charge in [0.25, 0.3) is 0 Å². The number of nitrogens with zero attached hydrogens (tertiary/aromatic N) is 1. The van der Waals surface area contributed by atoms with Gasteiger partial charge >= 0.3 is 12.0 Å². The lowest BCUT2D eigenvalue weighted by atomic mass is 10.0. The van der Waals surface area contributed by atoms with E-state index in [2.05, 4.69) is 5.32 Å². The Labute approximate surface area is 114 Å². The highest BCUT2D eigenvalue weighted by Crippen LogP contribution is 2.13. The van der Waals surface area contributed by atoms with E-state index in [0.29, 0.717) is 13.1 Å². The van der Waals surface area contributed by atoms with E-state index in [-0.39, 0.29) is 12.1 Å². The lowest BCUT2D eigenvalue weighted by Crippen LogP contribution is -2.49. The summed E-state index contributed by atoms with van der Waals surface area (Å²) >= 11 is 0. The zero-order valence-electron chi connectivity index (χ0n) is 11.9. The van der Waals surface area contributed by atoms with E-state index in [1.54, 1.807) is 18.7 Å². The fourth-order valence-electron chi connectivity index (χ4n) is 2.01. The van der Waals surface area contributed by atoms with Crippen LogP contribution < -0.4 is 5.32 Å². The Morgan fingerprint density at radius 2 is 2.16 bits per heavy atom. The average molecular weight is 272 g/mol. The number of carboxylic acids is 1. The summed E-state index contributed by atoms with van der Waals surface area (Å²) in [7, 11) is 0. The van der Waals surface area contributed by atoms with Crippen molar-refractivity contribution in [1.29, 1.82) is 0 Å². The molecular weight excluding hydrogens is 248 g/mol. The minimum Gasteiger partial charge on any atom is -0.481 e. The molecule has 0 aromatic heterocycles. The van der Waals surface area contributed by atoms with Gasteiger partial charge in [-0.1, -0.05) is 0 Å². The van der Waals surface area contributed by atoms with Crippen LogP contribution in [0.2, 0.25) is 0 Å². The molecule has 6 heteroatoms. The number of ether oxygens (including phenoxy) is 1. The molecule has 0 spiro atoms. The molecule has 0 saturated carbocycles. The van der Waals surface area contributed by atoms with Crippen molar-refractivity contribution < 1.29 is 19.4 Å². The second kappa shape index (κ2) is 7.33. The van der Waals surface area contributed by atoms with Crippen molar-refractivity contribution in [3.8, 4) is 0 Å². The first-order valence-corrected chi connectivity index (χ1v) is 6.85. The first-order chi connectivity index (χ1) is 8.95. The first-order valence-electron chi connectivity index (χ1n) is 6.85. The Morgan fingerprint density at radius 3 is 2.63 bits per heavy atom. The molecule has 0 aromatic carbocycles. The van der Waals surface area contributed by atoms with Crippen LogP contribution in [0.3, 0.4) is 0 Å². The lowest BCUT2D eigenvalue weighted by Gasteiger charge is -2.27. The zero-order valence-corrected chi connectivity index (χ0v) is 11.9. The molecule has 0 bridgehead atoms. The third kappa shape index (κ3) is 4.70. The van der Waals surface area contributed by atoms with Gasteiger partial charge in [0.2, 0.25) is 0 Å². The molecular formula is C13H24N2O4. The van der Waals surface area contributed by atoms with E-state index in [9.17, 15) is 9.59 Å². The Bertz CT molecular complexity index is 316. The Hall–Kier alpha value is -1.30. The Balaban J connectivity index is 2.46. The molecule has 3 unspecified atom stereocenters. The number of carbonyl (C=O) groups is 2. The molecule has 0 radical (unpaired) electrons. The molecule has 1 aliphatic heterocycles. The standard InChI is InChI=1S/C13H24N2O4/c1-4-15(8-11-6-5-7-19-11)13(18)14-10(3)9(2)12(16)17/h9-11H,4-8H2,1-3H3,(H,14,18)(H,16,17). The highest BCUT2D eigenvalue weighted by molar-refractivity contribution is 5.76. The molecule has 0 aromatic rings. The van der Waals surface area contributed by atoms with Crippen molar-refractivity contribution in [2.75, 3.05) is 19.7 Å². The number of hydrogen-bond donors (Lipinski definition) is 2. The predicted octanol–water partition coefficient (Wildman–Crippen LogP) is 1.31. The molecule has 19 heavy (non-hydrogen) atoms. The van der Waals surface area contributed by atoms with Gasteiger partial charge in [-0.05, 0) is 33.6 Å². The van der Waals surface area contributed by atoms with Crippen LogP contribution in [0, 0.1) is 5.92 Å². The minimum absolute atomic E-state index is 0.109. The monoisotopic (exact) mass is 272 g/mol. The maximum absolute atomic E-state index is 12.1. The van der Waals surface area contributed by atoms with Crippen LogP contribution >= 0.6 is 0 Å². The topological polar surface area (TPSA) is 78.9 Å². The Morgan fingerprint density at radius 1 is 1.47 bits per heavy atom. The maximum atomic E-state index is 12.1. The van der Waals surface area contributed by atoms with Gasteiger partial charge in [0, 0.05) is 25.7 Å². The molecule has 1 rings (SSSR count). The minimum atomic E-state index is -0.907. The third-order valence-corrected chi connectivity index (χ3v) is 3.61. The van der Waals surface area contributed by atoms with Crippen molar-refractivity contribution in [1.82, 2.24) is 10.2 Å². The summed E-state index contributed by atoms with van der Waals surface area (Å²) < 4.78 is 5.51. The van der Waals surface area contributed by atoms with Crippen LogP contribution in [0.4, 0.5) is 4.79 Å². The van der Waals surface area contributed by atoms with Crippen LogP contribution in [0.1, 0.15) is 33.6 Å². The smallest absolute Gasteiger partial charge is 0.317 e. The van der Waals surface area contributed by atoms with Crippen molar-refractivity contribution in [2.24, 2.45) is 5.92 Å². The highest BCUT2D eigenvalue weighted by Gasteiger charge is 2.25. The Kier molecular flexibility index (Phi) is 6.08. The summed E-state index contributed by atoms with van der Waals surface area (Å²) in [4.78, 5) is 24.6. The third-order valence-electron chi connectivity index (χ3n) is 3.61. The second-order valence-corrected chi connectivity index (χ2v) is 5.04.